The second kappa shape index (κ2) is 6.78. The molecule has 0 aliphatic rings. The Balaban J connectivity index is 2.33. The Labute approximate surface area is 132 Å². The number of anilines is 2. The van der Waals surface area contributed by atoms with E-state index in [1.54, 1.807) is 12.1 Å². The van der Waals surface area contributed by atoms with Gasteiger partial charge in [0.15, 0.2) is 0 Å². The van der Waals surface area contributed by atoms with Crippen LogP contribution in [-0.4, -0.2) is 18.5 Å². The van der Waals surface area contributed by atoms with Crippen LogP contribution in [0.1, 0.15) is 11.8 Å². The number of hydrogen-bond donors (Lipinski definition) is 1. The van der Waals surface area contributed by atoms with Gasteiger partial charge in [0.25, 0.3) is 0 Å². The van der Waals surface area contributed by atoms with Crippen LogP contribution in [0.2, 0.25) is 4.34 Å². The highest BCUT2D eigenvalue weighted by atomic mass is 35.5. The molecule has 1 aromatic heterocycles. The maximum absolute atomic E-state index is 11.4. The van der Waals surface area contributed by atoms with Gasteiger partial charge >= 0.3 is 5.69 Å². The molecule has 2 rings (SSSR count). The third-order valence-electron chi connectivity index (χ3n) is 3.00. The van der Waals surface area contributed by atoms with Gasteiger partial charge in [-0.05, 0) is 31.2 Å². The molecule has 0 spiro atoms. The lowest BCUT2D eigenvalue weighted by molar-refractivity contribution is -0.383. The summed E-state index contributed by atoms with van der Waals surface area (Å²) in [5.41, 5.74) is 1.23. The highest BCUT2D eigenvalue weighted by Crippen LogP contribution is 2.36. The van der Waals surface area contributed by atoms with Gasteiger partial charge in [0.05, 0.1) is 15.8 Å². The fourth-order valence-corrected chi connectivity index (χ4v) is 3.26. The van der Waals surface area contributed by atoms with Crippen molar-refractivity contribution in [2.45, 2.75) is 13.5 Å². The number of hydrogen-bond acceptors (Lipinski definition) is 5. The van der Waals surface area contributed by atoms with Crippen LogP contribution in [0, 0.1) is 10.1 Å². The monoisotopic (exact) mass is 325 g/mol. The van der Waals surface area contributed by atoms with Crippen LogP contribution in [0.15, 0.2) is 30.3 Å². The zero-order valence-electron chi connectivity index (χ0n) is 11.8. The van der Waals surface area contributed by atoms with Gasteiger partial charge in [-0.2, -0.15) is 0 Å². The summed E-state index contributed by atoms with van der Waals surface area (Å²) in [6.07, 6.45) is 0. The van der Waals surface area contributed by atoms with Crippen LogP contribution in [0.3, 0.4) is 0 Å². The maximum atomic E-state index is 11.4. The predicted octanol–water partition coefficient (Wildman–Crippen LogP) is 4.38. The molecule has 0 bridgehead atoms. The molecule has 0 radical (unpaired) electrons. The first-order chi connectivity index (χ1) is 10.0. The Morgan fingerprint density at radius 1 is 1.38 bits per heavy atom. The summed E-state index contributed by atoms with van der Waals surface area (Å²) in [6.45, 7) is 3.12. The summed E-state index contributed by atoms with van der Waals surface area (Å²) >= 11 is 7.40. The summed E-state index contributed by atoms with van der Waals surface area (Å²) in [5.74, 6) is 0. The summed E-state index contributed by atoms with van der Waals surface area (Å²) in [7, 11) is 1.84. The second-order valence-electron chi connectivity index (χ2n) is 4.52. The molecular weight excluding hydrogens is 310 g/mol. The number of nitro groups is 1. The van der Waals surface area contributed by atoms with Gasteiger partial charge in [-0.25, -0.2) is 0 Å². The van der Waals surface area contributed by atoms with Gasteiger partial charge in [0.2, 0.25) is 0 Å². The smallest absolute Gasteiger partial charge is 0.315 e. The summed E-state index contributed by atoms with van der Waals surface area (Å²) in [5, 5.41) is 14.4. The van der Waals surface area contributed by atoms with Gasteiger partial charge in [0, 0.05) is 18.5 Å². The SMILES string of the molecule is CCNc1cccc(N(C)Cc2ccc(Cl)s2)c1[N+](=O)[O-]. The normalized spacial score (nSPS) is 10.4. The van der Waals surface area contributed by atoms with E-state index in [4.69, 9.17) is 11.6 Å². The highest BCUT2D eigenvalue weighted by molar-refractivity contribution is 7.16. The standard InChI is InChI=1S/C14H16ClN3O2S/c1-3-16-11-5-4-6-12(14(11)18(19)20)17(2)9-10-7-8-13(15)21-10/h4-8,16H,3,9H2,1-2H3. The van der Waals surface area contributed by atoms with Crippen LogP contribution in [0.5, 0.6) is 0 Å². The number of thiophene rings is 1. The molecule has 0 saturated carbocycles. The molecule has 0 unspecified atom stereocenters. The van der Waals surface area contributed by atoms with E-state index in [-0.39, 0.29) is 10.6 Å². The van der Waals surface area contributed by atoms with Crippen LogP contribution in [-0.2, 0) is 6.54 Å². The van der Waals surface area contributed by atoms with Crippen molar-refractivity contribution in [3.8, 4) is 0 Å². The molecule has 1 heterocycles. The van der Waals surface area contributed by atoms with E-state index in [2.05, 4.69) is 5.32 Å². The fraction of sp³-hybridized carbons (Fsp3) is 0.286. The topological polar surface area (TPSA) is 58.4 Å². The Bertz CT molecular complexity index is 645. The van der Waals surface area contributed by atoms with Crippen molar-refractivity contribution in [3.05, 3.63) is 49.7 Å². The third kappa shape index (κ3) is 3.65. The molecule has 7 heteroatoms. The van der Waals surface area contributed by atoms with Crippen molar-refractivity contribution in [3.63, 3.8) is 0 Å². The lowest BCUT2D eigenvalue weighted by Crippen LogP contribution is -2.17. The highest BCUT2D eigenvalue weighted by Gasteiger charge is 2.22. The summed E-state index contributed by atoms with van der Waals surface area (Å²) < 4.78 is 0.717. The number of nitro benzene ring substituents is 1. The first-order valence-corrected chi connectivity index (χ1v) is 7.69. The van der Waals surface area contributed by atoms with Crippen molar-refractivity contribution in [1.29, 1.82) is 0 Å². The lowest BCUT2D eigenvalue weighted by atomic mass is 10.2. The van der Waals surface area contributed by atoms with Gasteiger partial charge in [-0.15, -0.1) is 11.3 Å². The Morgan fingerprint density at radius 2 is 2.14 bits per heavy atom. The minimum absolute atomic E-state index is 0.101. The molecule has 0 aliphatic heterocycles. The average molecular weight is 326 g/mol. The second-order valence-corrected chi connectivity index (χ2v) is 6.32. The van der Waals surface area contributed by atoms with E-state index in [1.807, 2.05) is 37.1 Å². The molecule has 0 aliphatic carbocycles. The number of nitrogens with zero attached hydrogens (tertiary/aromatic N) is 2. The van der Waals surface area contributed by atoms with Gasteiger partial charge in [-0.1, -0.05) is 17.7 Å². The zero-order chi connectivity index (χ0) is 15.4. The fourth-order valence-electron chi connectivity index (χ4n) is 2.12. The predicted molar refractivity (Wildman–Crippen MR) is 88.7 cm³/mol. The van der Waals surface area contributed by atoms with E-state index in [0.717, 1.165) is 4.88 Å². The first-order valence-electron chi connectivity index (χ1n) is 6.49. The molecule has 21 heavy (non-hydrogen) atoms. The van der Waals surface area contributed by atoms with Gasteiger partial charge in [0.1, 0.15) is 11.4 Å². The lowest BCUT2D eigenvalue weighted by Gasteiger charge is -2.19. The third-order valence-corrected chi connectivity index (χ3v) is 4.21. The van der Waals surface area contributed by atoms with Crippen LogP contribution in [0.4, 0.5) is 17.1 Å². The van der Waals surface area contributed by atoms with Crippen LogP contribution >= 0.6 is 22.9 Å². The molecule has 1 aromatic carbocycles. The minimum Gasteiger partial charge on any atom is -0.380 e. The van der Waals surface area contributed by atoms with Crippen LogP contribution in [0.25, 0.3) is 0 Å². The van der Waals surface area contributed by atoms with Crippen LogP contribution < -0.4 is 10.2 Å². The molecule has 1 N–H and O–H groups in total. The molecule has 0 saturated heterocycles. The van der Waals surface area contributed by atoms with E-state index in [9.17, 15) is 10.1 Å². The molecule has 0 amide bonds. The van der Waals surface area contributed by atoms with E-state index < -0.39 is 0 Å². The largest absolute Gasteiger partial charge is 0.380 e. The Hall–Kier alpha value is -1.79. The van der Waals surface area contributed by atoms with Crippen molar-refractivity contribution in [2.75, 3.05) is 23.8 Å². The molecule has 2 aromatic rings. The summed E-state index contributed by atoms with van der Waals surface area (Å²) in [6, 6.07) is 9.07. The quantitative estimate of drug-likeness (QED) is 0.632. The maximum Gasteiger partial charge on any atom is 0.315 e. The summed E-state index contributed by atoms with van der Waals surface area (Å²) in [4.78, 5) is 14.0. The number of nitrogens with one attached hydrogen (secondary N) is 1. The zero-order valence-corrected chi connectivity index (χ0v) is 13.4. The Kier molecular flexibility index (Phi) is 5.03. The first kappa shape index (κ1) is 15.6. The van der Waals surface area contributed by atoms with Gasteiger partial charge in [-0.3, -0.25) is 10.1 Å². The number of para-hydroxylation sites is 1. The average Bonchev–Trinajstić information content (AvgIpc) is 2.84. The number of benzene rings is 1. The number of halogens is 1. The van der Waals surface area contributed by atoms with E-state index >= 15 is 0 Å². The van der Waals surface area contributed by atoms with Crippen molar-refractivity contribution in [2.24, 2.45) is 0 Å². The molecule has 0 atom stereocenters. The molecular formula is C14H16ClN3O2S. The van der Waals surface area contributed by atoms with Gasteiger partial charge < -0.3 is 10.2 Å². The molecule has 112 valence electrons. The van der Waals surface area contributed by atoms with Crippen molar-refractivity contribution in [1.82, 2.24) is 0 Å². The Morgan fingerprint density at radius 3 is 2.71 bits per heavy atom. The van der Waals surface area contributed by atoms with Crippen molar-refractivity contribution >= 4 is 40.0 Å². The molecule has 0 fully saturated rings. The molecule has 5 nitrogen and oxygen atoms in total. The number of rotatable bonds is 6. The van der Waals surface area contributed by atoms with E-state index in [0.29, 0.717) is 28.8 Å². The minimum atomic E-state index is -0.342. The van der Waals surface area contributed by atoms with E-state index in [1.165, 1.54) is 11.3 Å². The van der Waals surface area contributed by atoms with Crippen molar-refractivity contribution < 1.29 is 4.92 Å².